The minimum atomic E-state index is -0.0211. The summed E-state index contributed by atoms with van der Waals surface area (Å²) < 4.78 is 1.79. The van der Waals surface area contributed by atoms with Gasteiger partial charge in [-0.3, -0.25) is 4.79 Å². The lowest BCUT2D eigenvalue weighted by atomic mass is 10.1. The third-order valence-corrected chi connectivity index (χ3v) is 2.36. The van der Waals surface area contributed by atoms with Crippen LogP contribution < -0.4 is 11.3 Å². The molecule has 2 heterocycles. The largest absolute Gasteiger partial charge is 0.394 e. The van der Waals surface area contributed by atoms with Gasteiger partial charge in [0.2, 0.25) is 0 Å². The Morgan fingerprint density at radius 2 is 2.08 bits per heavy atom. The quantitative estimate of drug-likeness (QED) is 0.684. The Morgan fingerprint density at radius 3 is 2.85 bits per heavy atom. The maximum absolute atomic E-state index is 11.5. The van der Waals surface area contributed by atoms with Crippen molar-refractivity contribution >= 4 is 18.1 Å². The zero-order valence-electron chi connectivity index (χ0n) is 7.32. The molecule has 72 valence electrons. The molecule has 0 aliphatic carbocycles. The third-order valence-electron chi connectivity index (χ3n) is 2.36. The van der Waals surface area contributed by atoms with E-state index in [-0.39, 0.29) is 18.0 Å². The Balaban J connectivity index is 0.000000845. The summed E-state index contributed by atoms with van der Waals surface area (Å²) in [6.07, 6.45) is 3.29. The van der Waals surface area contributed by atoms with Crippen LogP contribution in [0.5, 0.6) is 0 Å². The molecule has 4 heteroatoms. The van der Waals surface area contributed by atoms with Crippen LogP contribution in [0.25, 0.3) is 0 Å². The molecule has 0 saturated heterocycles. The molecule has 0 aromatic carbocycles. The minimum Gasteiger partial charge on any atom is -0.394 e. The number of halogens is 1. The van der Waals surface area contributed by atoms with Crippen molar-refractivity contribution in [3.8, 4) is 0 Å². The second-order valence-corrected chi connectivity index (χ2v) is 3.19. The molecule has 0 fully saturated rings. The summed E-state index contributed by atoms with van der Waals surface area (Å²) in [6.45, 7) is 0.833. The van der Waals surface area contributed by atoms with Crippen molar-refractivity contribution in [1.82, 2.24) is 4.57 Å². The summed E-state index contributed by atoms with van der Waals surface area (Å²) >= 11 is 0. The van der Waals surface area contributed by atoms with Gasteiger partial charge >= 0.3 is 0 Å². The predicted molar refractivity (Wildman–Crippen MR) is 55.3 cm³/mol. The van der Waals surface area contributed by atoms with Gasteiger partial charge < -0.3 is 10.3 Å². The SMILES string of the molecule is Cl.Nc1ccc2n(c1=O)CCCC2. The second kappa shape index (κ2) is 3.83. The van der Waals surface area contributed by atoms with Crippen molar-refractivity contribution in [3.05, 3.63) is 28.2 Å². The Labute approximate surface area is 83.0 Å². The highest BCUT2D eigenvalue weighted by molar-refractivity contribution is 5.85. The fourth-order valence-corrected chi connectivity index (χ4v) is 1.67. The van der Waals surface area contributed by atoms with E-state index >= 15 is 0 Å². The highest BCUT2D eigenvalue weighted by atomic mass is 35.5. The van der Waals surface area contributed by atoms with Crippen LogP contribution in [-0.2, 0) is 13.0 Å². The van der Waals surface area contributed by atoms with Gasteiger partial charge in [-0.2, -0.15) is 0 Å². The number of pyridine rings is 1. The predicted octanol–water partition coefficient (Wildman–Crippen LogP) is 1.19. The minimum absolute atomic E-state index is 0. The van der Waals surface area contributed by atoms with Gasteiger partial charge in [-0.1, -0.05) is 0 Å². The maximum Gasteiger partial charge on any atom is 0.273 e. The average molecular weight is 201 g/mol. The van der Waals surface area contributed by atoms with E-state index in [1.54, 1.807) is 10.6 Å². The van der Waals surface area contributed by atoms with Crippen molar-refractivity contribution in [3.63, 3.8) is 0 Å². The van der Waals surface area contributed by atoms with E-state index in [0.29, 0.717) is 5.69 Å². The fourth-order valence-electron chi connectivity index (χ4n) is 1.67. The first-order chi connectivity index (χ1) is 5.79. The number of nitrogens with two attached hydrogens (primary N) is 1. The van der Waals surface area contributed by atoms with Gasteiger partial charge in [0.15, 0.2) is 0 Å². The van der Waals surface area contributed by atoms with Crippen LogP contribution in [0, 0.1) is 0 Å². The Morgan fingerprint density at radius 1 is 1.31 bits per heavy atom. The van der Waals surface area contributed by atoms with Gasteiger partial charge in [-0.15, -0.1) is 12.4 Å². The number of hydrogen-bond donors (Lipinski definition) is 1. The number of rotatable bonds is 0. The smallest absolute Gasteiger partial charge is 0.273 e. The zero-order valence-corrected chi connectivity index (χ0v) is 8.14. The Kier molecular flexibility index (Phi) is 2.98. The van der Waals surface area contributed by atoms with Crippen molar-refractivity contribution in [2.24, 2.45) is 0 Å². The molecule has 0 bridgehead atoms. The molecule has 2 rings (SSSR count). The number of aromatic nitrogens is 1. The van der Waals surface area contributed by atoms with E-state index in [1.165, 1.54) is 6.42 Å². The summed E-state index contributed by atoms with van der Waals surface area (Å²) in [5, 5.41) is 0. The van der Waals surface area contributed by atoms with Gasteiger partial charge in [-0.25, -0.2) is 0 Å². The summed E-state index contributed by atoms with van der Waals surface area (Å²) in [5.41, 5.74) is 6.98. The van der Waals surface area contributed by atoms with E-state index in [0.717, 1.165) is 25.1 Å². The van der Waals surface area contributed by atoms with Crippen molar-refractivity contribution in [1.29, 1.82) is 0 Å². The molecule has 0 atom stereocenters. The average Bonchev–Trinajstić information content (AvgIpc) is 2.12. The van der Waals surface area contributed by atoms with Crippen LogP contribution in [0.4, 0.5) is 5.69 Å². The zero-order chi connectivity index (χ0) is 8.55. The molecule has 0 saturated carbocycles. The first kappa shape index (κ1) is 10.1. The molecule has 13 heavy (non-hydrogen) atoms. The second-order valence-electron chi connectivity index (χ2n) is 3.19. The molecular weight excluding hydrogens is 188 g/mol. The summed E-state index contributed by atoms with van der Waals surface area (Å²) in [5.74, 6) is 0. The number of aryl methyl sites for hydroxylation is 1. The molecule has 1 aromatic heterocycles. The highest BCUT2D eigenvalue weighted by Crippen LogP contribution is 2.12. The standard InChI is InChI=1S/C9H12N2O.ClH/c10-8-5-4-7-3-1-2-6-11(7)9(8)12;/h4-5H,1-3,6,10H2;1H. The van der Waals surface area contributed by atoms with Crippen molar-refractivity contribution in [2.45, 2.75) is 25.8 Å². The molecule has 0 amide bonds. The summed E-state index contributed by atoms with van der Waals surface area (Å²) in [6, 6.07) is 3.66. The lowest BCUT2D eigenvalue weighted by Crippen LogP contribution is -2.28. The summed E-state index contributed by atoms with van der Waals surface area (Å²) in [4.78, 5) is 11.5. The van der Waals surface area contributed by atoms with E-state index < -0.39 is 0 Å². The van der Waals surface area contributed by atoms with Gasteiger partial charge in [0.05, 0.1) is 5.69 Å². The van der Waals surface area contributed by atoms with Crippen molar-refractivity contribution < 1.29 is 0 Å². The molecule has 2 N–H and O–H groups in total. The molecule has 3 nitrogen and oxygen atoms in total. The van der Waals surface area contributed by atoms with Gasteiger partial charge in [0.25, 0.3) is 5.56 Å². The Bertz CT molecular complexity index is 359. The van der Waals surface area contributed by atoms with Gasteiger partial charge in [-0.05, 0) is 31.4 Å². The number of anilines is 1. The molecular formula is C9H13ClN2O. The van der Waals surface area contributed by atoms with E-state index in [9.17, 15) is 4.79 Å². The molecule has 1 aromatic rings. The fraction of sp³-hybridized carbons (Fsp3) is 0.444. The van der Waals surface area contributed by atoms with Crippen LogP contribution in [-0.4, -0.2) is 4.57 Å². The lowest BCUT2D eigenvalue weighted by Gasteiger charge is -2.17. The number of hydrogen-bond acceptors (Lipinski definition) is 2. The monoisotopic (exact) mass is 200 g/mol. The molecule has 0 unspecified atom stereocenters. The van der Waals surface area contributed by atoms with Crippen LogP contribution in [0.3, 0.4) is 0 Å². The van der Waals surface area contributed by atoms with Gasteiger partial charge in [0, 0.05) is 12.2 Å². The highest BCUT2D eigenvalue weighted by Gasteiger charge is 2.10. The lowest BCUT2D eigenvalue weighted by molar-refractivity contribution is 0.514. The van der Waals surface area contributed by atoms with E-state index in [1.807, 2.05) is 6.07 Å². The molecule has 0 spiro atoms. The first-order valence-corrected chi connectivity index (χ1v) is 4.27. The maximum atomic E-state index is 11.5. The topological polar surface area (TPSA) is 48.0 Å². The van der Waals surface area contributed by atoms with Crippen LogP contribution >= 0.6 is 12.4 Å². The number of fused-ring (bicyclic) bond motifs is 1. The van der Waals surface area contributed by atoms with E-state index in [2.05, 4.69) is 0 Å². The van der Waals surface area contributed by atoms with Crippen molar-refractivity contribution in [2.75, 3.05) is 5.73 Å². The Hall–Kier alpha value is -0.960. The molecule has 1 aliphatic rings. The summed E-state index contributed by atoms with van der Waals surface area (Å²) in [7, 11) is 0. The first-order valence-electron chi connectivity index (χ1n) is 4.27. The molecule has 1 aliphatic heterocycles. The normalized spacial score (nSPS) is 14.5. The van der Waals surface area contributed by atoms with Crippen LogP contribution in [0.15, 0.2) is 16.9 Å². The van der Waals surface area contributed by atoms with Crippen LogP contribution in [0.2, 0.25) is 0 Å². The molecule has 0 radical (unpaired) electrons. The number of nitrogen functional groups attached to an aromatic ring is 1. The number of nitrogens with zero attached hydrogens (tertiary/aromatic N) is 1. The van der Waals surface area contributed by atoms with E-state index in [4.69, 9.17) is 5.73 Å². The third kappa shape index (κ3) is 1.70. The van der Waals surface area contributed by atoms with Crippen LogP contribution in [0.1, 0.15) is 18.5 Å². The van der Waals surface area contributed by atoms with Gasteiger partial charge in [0.1, 0.15) is 0 Å².